The number of nitrogens with one attached hydrogen (secondary N) is 1. The lowest BCUT2D eigenvalue weighted by atomic mass is 10.0. The van der Waals surface area contributed by atoms with Gasteiger partial charge in [-0.25, -0.2) is 0 Å². The number of nitrogens with zero attached hydrogens (tertiary/aromatic N) is 2. The molecule has 0 spiro atoms. The zero-order valence-electron chi connectivity index (χ0n) is 20.5. The average Bonchev–Trinajstić information content (AvgIpc) is 3.21. The first-order chi connectivity index (χ1) is 17.5. The van der Waals surface area contributed by atoms with Crippen molar-refractivity contribution in [1.82, 2.24) is 0 Å². The summed E-state index contributed by atoms with van der Waals surface area (Å²) in [7, 11) is 0. The van der Waals surface area contributed by atoms with Crippen molar-refractivity contribution in [2.45, 2.75) is 44.8 Å². The standard InChI is InChI=1S/C30H29N3O2S/c1-3-4-8-22-13-15-23(16-14-22)19-27-29(35)33(25-9-6-5-7-10-25)30(36-27)26(20-31)28(34)32-24-17-11-21(2)12-18-24/h5-7,9-18,27H,3-4,8,19H2,1-2H3,(H,32,34)/b30-26-. The number of rotatable bonds is 8. The molecule has 1 heterocycles. The van der Waals surface area contributed by atoms with Gasteiger partial charge in [0.2, 0.25) is 5.91 Å². The molecule has 0 radical (unpaired) electrons. The Balaban J connectivity index is 1.63. The molecule has 3 aromatic rings. The molecule has 6 heteroatoms. The van der Waals surface area contributed by atoms with Crippen LogP contribution in [0, 0.1) is 18.3 Å². The maximum atomic E-state index is 13.6. The Morgan fingerprint density at radius 1 is 1.00 bits per heavy atom. The van der Waals surface area contributed by atoms with Gasteiger partial charge in [-0.2, -0.15) is 5.26 Å². The van der Waals surface area contributed by atoms with Crippen LogP contribution in [0.5, 0.6) is 0 Å². The molecule has 0 aromatic heterocycles. The van der Waals surface area contributed by atoms with Gasteiger partial charge in [0.1, 0.15) is 16.7 Å². The molecule has 1 saturated heterocycles. The molecular weight excluding hydrogens is 466 g/mol. The molecule has 182 valence electrons. The lowest BCUT2D eigenvalue weighted by Gasteiger charge is -2.18. The summed E-state index contributed by atoms with van der Waals surface area (Å²) in [5.41, 5.74) is 4.57. The molecule has 4 rings (SSSR count). The van der Waals surface area contributed by atoms with Crippen molar-refractivity contribution in [3.05, 3.63) is 106 Å². The predicted octanol–water partition coefficient (Wildman–Crippen LogP) is 6.40. The fourth-order valence-corrected chi connectivity index (χ4v) is 5.37. The second-order valence-electron chi connectivity index (χ2n) is 8.85. The molecule has 1 fully saturated rings. The van der Waals surface area contributed by atoms with Crippen LogP contribution in [-0.2, 0) is 22.4 Å². The van der Waals surface area contributed by atoms with E-state index >= 15 is 0 Å². The van der Waals surface area contributed by atoms with E-state index in [-0.39, 0.29) is 11.5 Å². The van der Waals surface area contributed by atoms with E-state index in [1.54, 1.807) is 12.1 Å². The first kappa shape index (κ1) is 25.3. The first-order valence-electron chi connectivity index (χ1n) is 12.2. The number of carbonyl (C=O) groups excluding carboxylic acids is 2. The SMILES string of the molecule is CCCCc1ccc(CC2S/C(=C(/C#N)C(=O)Nc3ccc(C)cc3)N(c3ccccc3)C2=O)cc1. The lowest BCUT2D eigenvalue weighted by Crippen LogP contribution is -2.30. The summed E-state index contributed by atoms with van der Waals surface area (Å²) in [5, 5.41) is 12.7. The predicted molar refractivity (Wildman–Crippen MR) is 147 cm³/mol. The quantitative estimate of drug-likeness (QED) is 0.290. The smallest absolute Gasteiger partial charge is 0.269 e. The topological polar surface area (TPSA) is 73.2 Å². The van der Waals surface area contributed by atoms with Crippen molar-refractivity contribution in [2.75, 3.05) is 10.2 Å². The van der Waals surface area contributed by atoms with Crippen LogP contribution in [-0.4, -0.2) is 17.1 Å². The van der Waals surface area contributed by atoms with Gasteiger partial charge in [-0.15, -0.1) is 0 Å². The summed E-state index contributed by atoms with van der Waals surface area (Å²) in [6.45, 7) is 4.14. The zero-order valence-corrected chi connectivity index (χ0v) is 21.3. The van der Waals surface area contributed by atoms with Gasteiger partial charge in [0.15, 0.2) is 0 Å². The molecule has 0 saturated carbocycles. The maximum Gasteiger partial charge on any atom is 0.269 e. The monoisotopic (exact) mass is 495 g/mol. The Hall–Kier alpha value is -3.82. The van der Waals surface area contributed by atoms with Gasteiger partial charge in [-0.05, 0) is 61.6 Å². The third-order valence-corrected chi connectivity index (χ3v) is 7.36. The van der Waals surface area contributed by atoms with Crippen molar-refractivity contribution in [3.63, 3.8) is 0 Å². The number of thioether (sulfide) groups is 1. The minimum absolute atomic E-state index is 0.0739. The number of hydrogen-bond acceptors (Lipinski definition) is 4. The van der Waals surface area contributed by atoms with Crippen molar-refractivity contribution in [2.24, 2.45) is 0 Å². The number of nitriles is 1. The zero-order chi connectivity index (χ0) is 25.5. The van der Waals surface area contributed by atoms with Crippen LogP contribution in [0.15, 0.2) is 89.5 Å². The van der Waals surface area contributed by atoms with Gasteiger partial charge in [0, 0.05) is 11.4 Å². The molecule has 3 aromatic carbocycles. The molecule has 1 aliphatic heterocycles. The second-order valence-corrected chi connectivity index (χ2v) is 10.0. The van der Waals surface area contributed by atoms with Gasteiger partial charge < -0.3 is 5.32 Å². The van der Waals surface area contributed by atoms with Gasteiger partial charge in [0.05, 0.1) is 5.25 Å². The number of hydrogen-bond donors (Lipinski definition) is 1. The van der Waals surface area contributed by atoms with E-state index in [1.807, 2.05) is 49.4 Å². The molecule has 1 unspecified atom stereocenters. The van der Waals surface area contributed by atoms with E-state index in [4.69, 9.17) is 0 Å². The third-order valence-electron chi connectivity index (χ3n) is 6.09. The molecule has 0 aliphatic carbocycles. The van der Waals surface area contributed by atoms with E-state index in [0.717, 1.165) is 30.4 Å². The largest absolute Gasteiger partial charge is 0.321 e. The Morgan fingerprint density at radius 3 is 2.31 bits per heavy atom. The summed E-state index contributed by atoms with van der Waals surface area (Å²) in [5.74, 6) is -0.661. The van der Waals surface area contributed by atoms with E-state index in [9.17, 15) is 14.9 Å². The highest BCUT2D eigenvalue weighted by molar-refractivity contribution is 8.05. The number of unbranched alkanes of at least 4 members (excludes halogenated alkanes) is 1. The van der Waals surface area contributed by atoms with Crippen LogP contribution < -0.4 is 10.2 Å². The minimum Gasteiger partial charge on any atom is -0.321 e. The highest BCUT2D eigenvalue weighted by Crippen LogP contribution is 2.42. The Bertz CT molecular complexity index is 1290. The summed E-state index contributed by atoms with van der Waals surface area (Å²) >= 11 is 1.28. The van der Waals surface area contributed by atoms with Crippen molar-refractivity contribution in [3.8, 4) is 6.07 Å². The summed E-state index contributed by atoms with van der Waals surface area (Å²) in [4.78, 5) is 28.3. The van der Waals surface area contributed by atoms with E-state index in [0.29, 0.717) is 22.8 Å². The van der Waals surface area contributed by atoms with E-state index < -0.39 is 11.2 Å². The molecule has 0 bridgehead atoms. The van der Waals surface area contributed by atoms with Crippen molar-refractivity contribution >= 4 is 35.0 Å². The van der Waals surface area contributed by atoms with Gasteiger partial charge in [-0.3, -0.25) is 14.5 Å². The normalized spacial score (nSPS) is 16.5. The number of amides is 2. The fraction of sp³-hybridized carbons (Fsp3) is 0.233. The first-order valence-corrected chi connectivity index (χ1v) is 13.0. The molecule has 5 nitrogen and oxygen atoms in total. The Morgan fingerprint density at radius 2 is 1.67 bits per heavy atom. The number of benzene rings is 3. The highest BCUT2D eigenvalue weighted by atomic mass is 32.2. The van der Waals surface area contributed by atoms with Crippen LogP contribution in [0.4, 0.5) is 11.4 Å². The second kappa shape index (κ2) is 11.7. The average molecular weight is 496 g/mol. The Labute approximate surface area is 216 Å². The van der Waals surface area contributed by atoms with Crippen LogP contribution in [0.3, 0.4) is 0 Å². The van der Waals surface area contributed by atoms with Crippen LogP contribution in [0.1, 0.15) is 36.5 Å². The molecule has 36 heavy (non-hydrogen) atoms. The summed E-state index contributed by atoms with van der Waals surface area (Å²) < 4.78 is 0. The van der Waals surface area contributed by atoms with Crippen LogP contribution in [0.25, 0.3) is 0 Å². The minimum atomic E-state index is -0.529. The molecule has 1 N–H and O–H groups in total. The summed E-state index contributed by atoms with van der Waals surface area (Å²) in [6.07, 6.45) is 3.86. The lowest BCUT2D eigenvalue weighted by molar-refractivity contribution is -0.117. The van der Waals surface area contributed by atoms with Gasteiger partial charge in [0.25, 0.3) is 5.91 Å². The fourth-order valence-electron chi connectivity index (χ4n) is 4.07. The van der Waals surface area contributed by atoms with Gasteiger partial charge >= 0.3 is 0 Å². The maximum absolute atomic E-state index is 13.6. The highest BCUT2D eigenvalue weighted by Gasteiger charge is 2.40. The number of carbonyl (C=O) groups is 2. The third kappa shape index (κ3) is 5.87. The van der Waals surface area contributed by atoms with E-state index in [1.165, 1.54) is 22.2 Å². The van der Waals surface area contributed by atoms with Crippen LogP contribution in [0.2, 0.25) is 0 Å². The Kier molecular flexibility index (Phi) is 8.24. The molecule has 1 atom stereocenters. The number of para-hydroxylation sites is 1. The molecule has 1 aliphatic rings. The molecule has 2 amide bonds. The van der Waals surface area contributed by atoms with Gasteiger partial charge in [-0.1, -0.05) is 85.3 Å². The number of anilines is 2. The van der Waals surface area contributed by atoms with Crippen molar-refractivity contribution in [1.29, 1.82) is 5.26 Å². The number of aryl methyl sites for hydroxylation is 2. The van der Waals surface area contributed by atoms with E-state index in [2.05, 4.69) is 42.6 Å². The van der Waals surface area contributed by atoms with Crippen molar-refractivity contribution < 1.29 is 9.59 Å². The molecular formula is C30H29N3O2S. The van der Waals surface area contributed by atoms with Crippen LogP contribution >= 0.6 is 11.8 Å². The summed E-state index contributed by atoms with van der Waals surface area (Å²) in [6, 6.07) is 27.0.